The van der Waals surface area contributed by atoms with Crippen molar-refractivity contribution in [2.24, 2.45) is 0 Å². The molecule has 3 fully saturated rings. The van der Waals surface area contributed by atoms with Crippen LogP contribution in [-0.4, -0.2) is 30.9 Å². The molecular formula is C19H34F3O3PPdS. The van der Waals surface area contributed by atoms with Crippen molar-refractivity contribution < 1.29 is 46.0 Å². The number of alkyl halides is 3. The van der Waals surface area contributed by atoms with Gasteiger partial charge in [-0.05, 0) is 0 Å². The van der Waals surface area contributed by atoms with E-state index in [1.807, 2.05) is 0 Å². The number of halogens is 3. The zero-order chi connectivity index (χ0) is 19.5. The minimum atomic E-state index is -5.54. The summed E-state index contributed by atoms with van der Waals surface area (Å²) in [6.45, 7) is 0. The van der Waals surface area contributed by atoms with Crippen LogP contribution < -0.4 is 0 Å². The second-order valence-corrected chi connectivity index (χ2v) is 15.0. The van der Waals surface area contributed by atoms with E-state index in [2.05, 4.69) is 0 Å². The van der Waals surface area contributed by atoms with E-state index < -0.39 is 23.1 Å². The largest absolute Gasteiger partial charge is 0 e. The SMILES string of the molecule is O=S(=O)(O[PH](C1CCCCC1)(C1CCCCC1)C1CCCCC1)C(F)(F)F.[Pd]. The van der Waals surface area contributed by atoms with E-state index in [4.69, 9.17) is 3.97 Å². The van der Waals surface area contributed by atoms with Crippen molar-refractivity contribution in [3.05, 3.63) is 0 Å². The molecule has 0 spiro atoms. The van der Waals surface area contributed by atoms with E-state index in [9.17, 15) is 21.6 Å². The molecule has 9 heteroatoms. The molecule has 0 amide bonds. The fourth-order valence-corrected chi connectivity index (χ4v) is 15.6. The quantitative estimate of drug-likeness (QED) is 0.228. The summed E-state index contributed by atoms with van der Waals surface area (Å²) in [6, 6.07) is 0. The average Bonchev–Trinajstić information content (AvgIpc) is 2.67. The molecule has 3 nitrogen and oxygen atoms in total. The predicted octanol–water partition coefficient (Wildman–Crippen LogP) is 6.51. The fraction of sp³-hybridized carbons (Fsp3) is 1.00. The standard InChI is InChI=1S/C19H34F3O3PS.Pd/c20-19(21,22)27(23,24)25-26(16-10-4-1-5-11-16,17-12-6-2-7-13-17)18-14-8-3-9-15-18;/h16-18,26H,1-15H2;. The van der Waals surface area contributed by atoms with Gasteiger partial charge in [0.2, 0.25) is 0 Å². The topological polar surface area (TPSA) is 43.4 Å². The van der Waals surface area contributed by atoms with Gasteiger partial charge in [-0.15, -0.1) is 0 Å². The van der Waals surface area contributed by atoms with Crippen LogP contribution in [0.5, 0.6) is 0 Å². The van der Waals surface area contributed by atoms with Gasteiger partial charge < -0.3 is 0 Å². The Kier molecular flexibility index (Phi) is 9.31. The van der Waals surface area contributed by atoms with Gasteiger partial charge in [-0.1, -0.05) is 0 Å². The Morgan fingerprint density at radius 2 is 0.929 bits per heavy atom. The predicted molar refractivity (Wildman–Crippen MR) is 105 cm³/mol. The van der Waals surface area contributed by atoms with E-state index >= 15 is 0 Å². The molecule has 0 atom stereocenters. The van der Waals surface area contributed by atoms with E-state index in [1.165, 1.54) is 0 Å². The third-order valence-corrected chi connectivity index (χ3v) is 15.4. The first-order valence-corrected chi connectivity index (χ1v) is 14.3. The van der Waals surface area contributed by atoms with Crippen molar-refractivity contribution in [2.75, 3.05) is 0 Å². The maximum absolute atomic E-state index is 13.4. The molecule has 0 aromatic carbocycles. The summed E-state index contributed by atoms with van der Waals surface area (Å²) < 4.78 is 70.3. The van der Waals surface area contributed by atoms with Gasteiger partial charge in [-0.2, -0.15) is 0 Å². The number of hydrogen-bond donors (Lipinski definition) is 0. The Balaban J connectivity index is 0.00000280. The summed E-state index contributed by atoms with van der Waals surface area (Å²) in [6.07, 6.45) is 14.4. The molecule has 0 N–H and O–H groups in total. The van der Waals surface area contributed by atoms with Gasteiger partial charge in [0, 0.05) is 20.4 Å². The second kappa shape index (κ2) is 10.4. The molecule has 3 saturated carbocycles. The number of rotatable bonds is 5. The van der Waals surface area contributed by atoms with Crippen molar-refractivity contribution in [1.29, 1.82) is 0 Å². The van der Waals surface area contributed by atoms with Crippen molar-refractivity contribution in [1.82, 2.24) is 0 Å². The number of hydrogen-bond acceptors (Lipinski definition) is 3. The first-order valence-electron chi connectivity index (χ1n) is 10.8. The normalized spacial score (nSPS) is 25.2. The van der Waals surface area contributed by atoms with Crippen molar-refractivity contribution >= 4 is 17.6 Å². The Bertz CT molecular complexity index is 536. The fourth-order valence-electron chi connectivity index (χ4n) is 6.10. The Morgan fingerprint density at radius 1 is 0.643 bits per heavy atom. The molecule has 0 aliphatic heterocycles. The average molecular weight is 537 g/mol. The first-order chi connectivity index (χ1) is 12.8. The van der Waals surface area contributed by atoms with Crippen LogP contribution in [0.4, 0.5) is 13.2 Å². The smallest absolute Gasteiger partial charge is 0 e. The molecule has 0 aromatic heterocycles. The third kappa shape index (κ3) is 5.34. The van der Waals surface area contributed by atoms with Gasteiger partial charge >= 0.3 is 162 Å². The van der Waals surface area contributed by atoms with Gasteiger partial charge in [-0.3, -0.25) is 0 Å². The minimum Gasteiger partial charge on any atom is 0 e. The van der Waals surface area contributed by atoms with Crippen molar-refractivity contribution in [3.63, 3.8) is 0 Å². The van der Waals surface area contributed by atoms with Crippen LogP contribution in [0.2, 0.25) is 0 Å². The van der Waals surface area contributed by atoms with Crippen molar-refractivity contribution in [3.8, 4) is 0 Å². The molecule has 0 heterocycles. The van der Waals surface area contributed by atoms with Crippen LogP contribution in [0.25, 0.3) is 0 Å². The third-order valence-electron chi connectivity index (χ3n) is 7.27. The molecule has 0 unspecified atom stereocenters. The molecule has 0 saturated heterocycles. The molecular weight excluding hydrogens is 503 g/mol. The zero-order valence-electron chi connectivity index (χ0n) is 16.4. The molecule has 3 aliphatic carbocycles. The zero-order valence-corrected chi connectivity index (χ0v) is 19.8. The van der Waals surface area contributed by atoms with E-state index in [1.54, 1.807) is 0 Å². The van der Waals surface area contributed by atoms with E-state index in [0.717, 1.165) is 96.3 Å². The van der Waals surface area contributed by atoms with Crippen molar-refractivity contribution in [2.45, 2.75) is 119 Å². The maximum atomic E-state index is 13.4. The maximum Gasteiger partial charge on any atom is 0 e. The summed E-state index contributed by atoms with van der Waals surface area (Å²) in [5, 5.41) is 0. The molecule has 0 radical (unpaired) electrons. The van der Waals surface area contributed by atoms with Crippen LogP contribution in [0.15, 0.2) is 0 Å². The Hall–Kier alpha value is 0.792. The van der Waals surface area contributed by atoms with E-state index in [-0.39, 0.29) is 37.4 Å². The Morgan fingerprint density at radius 3 is 1.18 bits per heavy atom. The first kappa shape index (κ1) is 25.1. The van der Waals surface area contributed by atoms with Gasteiger partial charge in [0.05, 0.1) is 0 Å². The van der Waals surface area contributed by atoms with Crippen LogP contribution >= 0.6 is 7.49 Å². The molecule has 0 bridgehead atoms. The van der Waals surface area contributed by atoms with Crippen LogP contribution in [-0.2, 0) is 34.5 Å². The summed E-state index contributed by atoms with van der Waals surface area (Å²) in [5.41, 5.74) is -5.12. The molecule has 3 rings (SSSR count). The summed E-state index contributed by atoms with van der Waals surface area (Å²) in [5.74, 6) is 0. The summed E-state index contributed by atoms with van der Waals surface area (Å²) >= 11 is 0. The molecule has 28 heavy (non-hydrogen) atoms. The molecule has 0 aromatic rings. The molecule has 170 valence electrons. The summed E-state index contributed by atoms with van der Waals surface area (Å²) in [7, 11) is -8.69. The monoisotopic (exact) mass is 536 g/mol. The molecule has 3 aliphatic rings. The van der Waals surface area contributed by atoms with Gasteiger partial charge in [0.15, 0.2) is 0 Å². The minimum absolute atomic E-state index is 0. The van der Waals surface area contributed by atoms with E-state index in [0.29, 0.717) is 0 Å². The summed E-state index contributed by atoms with van der Waals surface area (Å²) in [4.78, 5) is 0. The van der Waals surface area contributed by atoms with Crippen LogP contribution in [0.3, 0.4) is 0 Å². The Labute approximate surface area is 182 Å². The second-order valence-electron chi connectivity index (χ2n) is 8.84. The van der Waals surface area contributed by atoms with Gasteiger partial charge in [0.25, 0.3) is 0 Å². The van der Waals surface area contributed by atoms with Crippen LogP contribution in [0, 0.1) is 0 Å². The van der Waals surface area contributed by atoms with Gasteiger partial charge in [-0.25, -0.2) is 0 Å². The van der Waals surface area contributed by atoms with Crippen LogP contribution in [0.1, 0.15) is 96.3 Å². The van der Waals surface area contributed by atoms with Gasteiger partial charge in [0.1, 0.15) is 0 Å².